The van der Waals surface area contributed by atoms with E-state index in [-0.39, 0.29) is 0 Å². The predicted octanol–water partition coefficient (Wildman–Crippen LogP) is 2.36. The first-order valence-electron chi connectivity index (χ1n) is 6.59. The van der Waals surface area contributed by atoms with Crippen molar-refractivity contribution >= 4 is 0 Å². The summed E-state index contributed by atoms with van der Waals surface area (Å²) in [7, 11) is 0. The normalized spacial score (nSPS) is 33.0. The van der Waals surface area contributed by atoms with Crippen LogP contribution >= 0.6 is 0 Å². The SMILES string of the molecule is C[C@@H](c1ccccc1)N1C[C@@H]2CCO[C@]2(C#N)C1. The second-order valence-corrected chi connectivity index (χ2v) is 5.35. The summed E-state index contributed by atoms with van der Waals surface area (Å²) in [6.45, 7) is 4.67. The first kappa shape index (κ1) is 11.7. The molecular formula is C15H18N2O. The lowest BCUT2D eigenvalue weighted by Gasteiger charge is -2.26. The average Bonchev–Trinajstić information content (AvgIpc) is 2.95. The van der Waals surface area contributed by atoms with Crippen molar-refractivity contribution in [2.45, 2.75) is 25.0 Å². The number of ether oxygens (including phenoxy) is 1. The molecule has 0 aromatic heterocycles. The Hall–Kier alpha value is -1.37. The number of nitrogens with zero attached hydrogens (tertiary/aromatic N) is 2. The minimum absolute atomic E-state index is 0.352. The van der Waals surface area contributed by atoms with Gasteiger partial charge in [-0.2, -0.15) is 5.26 Å². The molecule has 3 rings (SSSR count). The van der Waals surface area contributed by atoms with E-state index in [4.69, 9.17) is 4.74 Å². The van der Waals surface area contributed by atoms with E-state index in [2.05, 4.69) is 42.2 Å². The molecule has 94 valence electrons. The Balaban J connectivity index is 1.79. The van der Waals surface area contributed by atoms with Crippen molar-refractivity contribution in [2.75, 3.05) is 19.7 Å². The van der Waals surface area contributed by atoms with E-state index >= 15 is 0 Å². The van der Waals surface area contributed by atoms with E-state index < -0.39 is 5.60 Å². The van der Waals surface area contributed by atoms with Crippen molar-refractivity contribution in [3.8, 4) is 6.07 Å². The zero-order valence-electron chi connectivity index (χ0n) is 10.7. The Kier molecular flexibility index (Phi) is 2.85. The van der Waals surface area contributed by atoms with Gasteiger partial charge in [0.25, 0.3) is 0 Å². The molecule has 0 aliphatic carbocycles. The lowest BCUT2D eigenvalue weighted by Crippen LogP contribution is -2.35. The summed E-state index contributed by atoms with van der Waals surface area (Å²) < 4.78 is 5.73. The summed E-state index contributed by atoms with van der Waals surface area (Å²) in [5, 5.41) is 9.40. The molecule has 0 amide bonds. The Morgan fingerprint density at radius 1 is 1.44 bits per heavy atom. The first-order valence-corrected chi connectivity index (χ1v) is 6.59. The molecule has 0 radical (unpaired) electrons. The van der Waals surface area contributed by atoms with E-state index in [1.165, 1.54) is 5.56 Å². The second kappa shape index (κ2) is 4.38. The minimum atomic E-state index is -0.539. The van der Waals surface area contributed by atoms with Gasteiger partial charge in [-0.25, -0.2) is 0 Å². The fourth-order valence-electron chi connectivity index (χ4n) is 3.19. The van der Waals surface area contributed by atoms with Crippen molar-refractivity contribution < 1.29 is 4.74 Å². The zero-order chi connectivity index (χ0) is 12.6. The van der Waals surface area contributed by atoms with E-state index in [0.717, 1.165) is 26.1 Å². The number of benzene rings is 1. The van der Waals surface area contributed by atoms with Crippen LogP contribution in [0.4, 0.5) is 0 Å². The van der Waals surface area contributed by atoms with Crippen molar-refractivity contribution in [3.63, 3.8) is 0 Å². The van der Waals surface area contributed by atoms with Gasteiger partial charge in [-0.15, -0.1) is 0 Å². The number of rotatable bonds is 2. The Labute approximate surface area is 108 Å². The van der Waals surface area contributed by atoms with E-state index in [1.54, 1.807) is 0 Å². The van der Waals surface area contributed by atoms with Gasteiger partial charge >= 0.3 is 0 Å². The van der Waals surface area contributed by atoms with Crippen LogP contribution in [0.15, 0.2) is 30.3 Å². The van der Waals surface area contributed by atoms with Gasteiger partial charge in [0, 0.05) is 31.7 Å². The third-order valence-corrected chi connectivity index (χ3v) is 4.40. The van der Waals surface area contributed by atoms with Crippen molar-refractivity contribution in [2.24, 2.45) is 5.92 Å². The van der Waals surface area contributed by atoms with E-state index in [1.807, 2.05) is 6.07 Å². The molecule has 0 unspecified atom stereocenters. The summed E-state index contributed by atoms with van der Waals surface area (Å²) >= 11 is 0. The highest BCUT2D eigenvalue weighted by Gasteiger charge is 2.52. The highest BCUT2D eigenvalue weighted by Crippen LogP contribution is 2.41. The maximum atomic E-state index is 9.40. The van der Waals surface area contributed by atoms with Crippen molar-refractivity contribution in [1.82, 2.24) is 4.90 Å². The van der Waals surface area contributed by atoms with Gasteiger partial charge in [0.1, 0.15) is 0 Å². The molecule has 18 heavy (non-hydrogen) atoms. The molecule has 2 saturated heterocycles. The van der Waals surface area contributed by atoms with Gasteiger partial charge in [-0.1, -0.05) is 30.3 Å². The summed E-state index contributed by atoms with van der Waals surface area (Å²) in [5.74, 6) is 0.383. The smallest absolute Gasteiger partial charge is 0.170 e. The van der Waals surface area contributed by atoms with Crippen LogP contribution in [0, 0.1) is 17.2 Å². The minimum Gasteiger partial charge on any atom is -0.358 e. The van der Waals surface area contributed by atoms with E-state index in [9.17, 15) is 5.26 Å². The van der Waals surface area contributed by atoms with Gasteiger partial charge < -0.3 is 4.74 Å². The van der Waals surface area contributed by atoms with Crippen LogP contribution in [0.5, 0.6) is 0 Å². The summed E-state index contributed by atoms with van der Waals surface area (Å²) in [6, 6.07) is 13.2. The molecule has 1 aromatic carbocycles. The van der Waals surface area contributed by atoms with Gasteiger partial charge in [0.2, 0.25) is 0 Å². The fraction of sp³-hybridized carbons (Fsp3) is 0.533. The van der Waals surface area contributed by atoms with Crippen LogP contribution in [0.3, 0.4) is 0 Å². The van der Waals surface area contributed by atoms with Crippen LogP contribution in [0.1, 0.15) is 24.9 Å². The Morgan fingerprint density at radius 2 is 2.22 bits per heavy atom. The van der Waals surface area contributed by atoms with Gasteiger partial charge in [-0.3, -0.25) is 4.90 Å². The van der Waals surface area contributed by atoms with Crippen molar-refractivity contribution in [1.29, 1.82) is 5.26 Å². The maximum Gasteiger partial charge on any atom is 0.170 e. The largest absolute Gasteiger partial charge is 0.358 e. The standard InChI is InChI=1S/C15H18N2O/c1-12(13-5-3-2-4-6-13)17-9-14-7-8-18-15(14,10-16)11-17/h2-6,12,14H,7-9,11H2,1H3/t12-,14-,15+/m0/s1. The third kappa shape index (κ3) is 1.73. The van der Waals surface area contributed by atoms with Crippen LogP contribution in [0.2, 0.25) is 0 Å². The molecule has 2 heterocycles. The number of fused-ring (bicyclic) bond motifs is 1. The molecule has 3 heteroatoms. The van der Waals surface area contributed by atoms with Crippen LogP contribution in [-0.4, -0.2) is 30.2 Å². The highest BCUT2D eigenvalue weighted by molar-refractivity contribution is 5.21. The molecule has 2 aliphatic heterocycles. The van der Waals surface area contributed by atoms with Crippen molar-refractivity contribution in [3.05, 3.63) is 35.9 Å². The molecule has 3 nitrogen and oxygen atoms in total. The number of nitriles is 1. The number of hydrogen-bond donors (Lipinski definition) is 0. The maximum absolute atomic E-state index is 9.40. The molecule has 3 atom stereocenters. The lowest BCUT2D eigenvalue weighted by atomic mass is 9.93. The van der Waals surface area contributed by atoms with Gasteiger partial charge in [0.15, 0.2) is 5.60 Å². The summed E-state index contributed by atoms with van der Waals surface area (Å²) in [5.41, 5.74) is 0.772. The second-order valence-electron chi connectivity index (χ2n) is 5.35. The predicted molar refractivity (Wildman–Crippen MR) is 68.8 cm³/mol. The lowest BCUT2D eigenvalue weighted by molar-refractivity contribution is 0.0376. The molecule has 0 spiro atoms. The molecule has 0 N–H and O–H groups in total. The Morgan fingerprint density at radius 3 is 2.89 bits per heavy atom. The van der Waals surface area contributed by atoms with Crippen LogP contribution in [0.25, 0.3) is 0 Å². The topological polar surface area (TPSA) is 36.3 Å². The summed E-state index contributed by atoms with van der Waals surface area (Å²) in [6.07, 6.45) is 1.02. The van der Waals surface area contributed by atoms with Gasteiger partial charge in [0.05, 0.1) is 6.07 Å². The van der Waals surface area contributed by atoms with Gasteiger partial charge in [-0.05, 0) is 18.9 Å². The molecule has 0 saturated carbocycles. The monoisotopic (exact) mass is 242 g/mol. The first-order chi connectivity index (χ1) is 8.75. The average molecular weight is 242 g/mol. The fourth-order valence-corrected chi connectivity index (χ4v) is 3.19. The van der Waals surface area contributed by atoms with E-state index in [0.29, 0.717) is 12.0 Å². The number of hydrogen-bond acceptors (Lipinski definition) is 3. The molecule has 2 aliphatic rings. The summed E-state index contributed by atoms with van der Waals surface area (Å²) in [4.78, 5) is 2.38. The number of likely N-dealkylation sites (tertiary alicyclic amines) is 1. The Bertz CT molecular complexity index is 467. The molecule has 0 bridgehead atoms. The van der Waals surface area contributed by atoms with Crippen LogP contribution in [-0.2, 0) is 4.74 Å². The third-order valence-electron chi connectivity index (χ3n) is 4.40. The molecule has 1 aromatic rings. The highest BCUT2D eigenvalue weighted by atomic mass is 16.5. The quantitative estimate of drug-likeness (QED) is 0.798. The molecule has 2 fully saturated rings. The van der Waals surface area contributed by atoms with Crippen LogP contribution < -0.4 is 0 Å². The zero-order valence-corrected chi connectivity index (χ0v) is 10.7. The molecular weight excluding hydrogens is 224 g/mol.